The van der Waals surface area contributed by atoms with Gasteiger partial charge in [-0.15, -0.1) is 12.6 Å². The summed E-state index contributed by atoms with van der Waals surface area (Å²) in [6.45, 7) is 1.14. The summed E-state index contributed by atoms with van der Waals surface area (Å²) in [5.74, 6) is -2.10. The number of carbonyl (C=O) groups is 2. The number of ketones is 1. The molecule has 0 aliphatic heterocycles. The van der Waals surface area contributed by atoms with Crippen LogP contribution >= 0.6 is 12.6 Å². The lowest BCUT2D eigenvalue weighted by molar-refractivity contribution is -0.886. The largest absolute Gasteiger partial charge is 0.550 e. The highest BCUT2D eigenvalue weighted by molar-refractivity contribution is 7.80. The van der Waals surface area contributed by atoms with Crippen molar-refractivity contribution in [3.63, 3.8) is 0 Å². The fraction of sp³-hybridized carbons (Fsp3) is 0.778. The maximum Gasteiger partial charge on any atom is 0.189 e. The lowest BCUT2D eigenvalue weighted by Gasteiger charge is -2.40. The zero-order valence-corrected chi connectivity index (χ0v) is 10.2. The van der Waals surface area contributed by atoms with E-state index in [0.29, 0.717) is 0 Å². The van der Waals surface area contributed by atoms with Crippen molar-refractivity contribution in [2.24, 2.45) is 0 Å². The molecule has 0 heterocycles. The summed E-state index contributed by atoms with van der Waals surface area (Å²) < 4.78 is 0.159. The topological polar surface area (TPSA) is 77.4 Å². The van der Waals surface area contributed by atoms with Crippen LogP contribution in [0.1, 0.15) is 13.3 Å². The average Bonchev–Trinajstić information content (AvgIpc) is 1.99. The Kier molecular flexibility index (Phi) is 4.33. The van der Waals surface area contributed by atoms with Gasteiger partial charge in [-0.2, -0.15) is 0 Å². The van der Waals surface area contributed by atoms with E-state index in [2.05, 4.69) is 12.6 Å². The standard InChI is InChI=1S/C9H17NO4S/c1-6(11)9(14,5-7(12)13)8(15)10(2,3)4/h8,14H,5H2,1-4H3,(H-,12,13,15). The third-order valence-corrected chi connectivity index (χ3v) is 3.30. The molecule has 2 atom stereocenters. The number of Topliss-reactive ketones (excluding diaryl/α,β-unsaturated/α-hetero) is 1. The van der Waals surface area contributed by atoms with Gasteiger partial charge in [0.05, 0.1) is 21.1 Å². The van der Waals surface area contributed by atoms with Crippen LogP contribution in [-0.2, 0) is 9.59 Å². The highest BCUT2D eigenvalue weighted by Gasteiger charge is 2.47. The predicted molar refractivity (Wildman–Crippen MR) is 56.1 cm³/mol. The Morgan fingerprint density at radius 2 is 1.87 bits per heavy atom. The number of carboxylic acid groups (broad SMARTS) is 1. The number of rotatable bonds is 5. The van der Waals surface area contributed by atoms with Gasteiger partial charge in [-0.1, -0.05) is 0 Å². The summed E-state index contributed by atoms with van der Waals surface area (Å²) in [7, 11) is 5.13. The number of thiol groups is 1. The molecule has 0 spiro atoms. The zero-order valence-electron chi connectivity index (χ0n) is 9.35. The minimum atomic E-state index is -2.00. The van der Waals surface area contributed by atoms with Gasteiger partial charge < -0.3 is 19.5 Å². The molecule has 0 aliphatic rings. The second kappa shape index (κ2) is 4.51. The average molecular weight is 235 g/mol. The van der Waals surface area contributed by atoms with Crippen LogP contribution in [0, 0.1) is 0 Å². The van der Waals surface area contributed by atoms with Crippen LogP contribution in [0.5, 0.6) is 0 Å². The number of hydrogen-bond donors (Lipinski definition) is 2. The SMILES string of the molecule is CC(=O)C(O)(CC(=O)[O-])C(S)[N+](C)(C)C. The lowest BCUT2D eigenvalue weighted by atomic mass is 9.93. The molecule has 0 aliphatic carbocycles. The van der Waals surface area contributed by atoms with Crippen molar-refractivity contribution in [3.05, 3.63) is 0 Å². The molecular weight excluding hydrogens is 218 g/mol. The van der Waals surface area contributed by atoms with Crippen molar-refractivity contribution in [3.8, 4) is 0 Å². The van der Waals surface area contributed by atoms with Crippen molar-refractivity contribution in [1.82, 2.24) is 0 Å². The lowest BCUT2D eigenvalue weighted by Crippen LogP contribution is -2.60. The zero-order chi connectivity index (χ0) is 12.4. The van der Waals surface area contributed by atoms with E-state index < -0.39 is 29.1 Å². The molecule has 0 aromatic rings. The van der Waals surface area contributed by atoms with Crippen LogP contribution in [0.2, 0.25) is 0 Å². The summed E-state index contributed by atoms with van der Waals surface area (Å²) in [4.78, 5) is 21.8. The molecule has 1 N–H and O–H groups in total. The van der Waals surface area contributed by atoms with Gasteiger partial charge in [0, 0.05) is 12.4 Å². The molecule has 88 valence electrons. The van der Waals surface area contributed by atoms with E-state index in [1.807, 2.05) is 0 Å². The van der Waals surface area contributed by atoms with Crippen molar-refractivity contribution >= 4 is 24.4 Å². The molecule has 0 aromatic heterocycles. The van der Waals surface area contributed by atoms with Crippen LogP contribution < -0.4 is 5.11 Å². The van der Waals surface area contributed by atoms with Crippen LogP contribution in [0.4, 0.5) is 0 Å². The second-order valence-corrected chi connectivity index (χ2v) is 5.01. The van der Waals surface area contributed by atoms with Crippen molar-refractivity contribution in [1.29, 1.82) is 0 Å². The molecule has 6 heteroatoms. The van der Waals surface area contributed by atoms with E-state index in [9.17, 15) is 19.8 Å². The number of nitrogens with zero attached hydrogens (tertiary/aromatic N) is 1. The number of carbonyl (C=O) groups excluding carboxylic acids is 2. The quantitative estimate of drug-likeness (QED) is 0.342. The molecule has 0 saturated carbocycles. The molecular formula is C9H17NO4S. The van der Waals surface area contributed by atoms with E-state index >= 15 is 0 Å². The van der Waals surface area contributed by atoms with Gasteiger partial charge in [0.15, 0.2) is 16.8 Å². The highest BCUT2D eigenvalue weighted by Crippen LogP contribution is 2.26. The van der Waals surface area contributed by atoms with Crippen molar-refractivity contribution in [2.75, 3.05) is 21.1 Å². The van der Waals surface area contributed by atoms with Crippen LogP contribution in [0.15, 0.2) is 0 Å². The first-order valence-electron chi connectivity index (χ1n) is 4.44. The third-order valence-electron chi connectivity index (χ3n) is 2.18. The first-order valence-corrected chi connectivity index (χ1v) is 4.96. The minimum absolute atomic E-state index is 0.159. The number of carboxylic acids is 1. The van der Waals surface area contributed by atoms with E-state index in [1.165, 1.54) is 0 Å². The number of quaternary nitrogens is 1. The summed E-state index contributed by atoms with van der Waals surface area (Å²) in [6, 6.07) is 0. The first-order chi connectivity index (χ1) is 6.51. The number of likely N-dealkylation sites (N-methyl/N-ethyl adjacent to an activating group) is 1. The normalized spacial score (nSPS) is 18.0. The Morgan fingerprint density at radius 3 is 2.07 bits per heavy atom. The molecule has 0 radical (unpaired) electrons. The Morgan fingerprint density at radius 1 is 1.47 bits per heavy atom. The Hall–Kier alpha value is -0.590. The van der Waals surface area contributed by atoms with Gasteiger partial charge in [0.1, 0.15) is 0 Å². The molecule has 5 nitrogen and oxygen atoms in total. The third kappa shape index (κ3) is 3.48. The molecule has 0 rings (SSSR count). The van der Waals surface area contributed by atoms with E-state index in [-0.39, 0.29) is 4.48 Å². The van der Waals surface area contributed by atoms with E-state index in [1.54, 1.807) is 21.1 Å². The summed E-state index contributed by atoms with van der Waals surface area (Å²) in [5.41, 5.74) is -2.00. The second-order valence-electron chi connectivity index (χ2n) is 4.52. The fourth-order valence-corrected chi connectivity index (χ4v) is 1.53. The summed E-state index contributed by atoms with van der Waals surface area (Å²) in [5, 5.41) is 19.7. The fourth-order valence-electron chi connectivity index (χ4n) is 1.26. The van der Waals surface area contributed by atoms with Crippen LogP contribution in [-0.4, -0.2) is 53.5 Å². The molecule has 0 bridgehead atoms. The maximum absolute atomic E-state index is 11.3. The van der Waals surface area contributed by atoms with Gasteiger partial charge in [0.25, 0.3) is 0 Å². The molecule has 0 amide bonds. The van der Waals surface area contributed by atoms with Crippen LogP contribution in [0.3, 0.4) is 0 Å². The summed E-state index contributed by atoms with van der Waals surface area (Å²) in [6.07, 6.45) is -0.744. The number of aliphatic hydroxyl groups is 1. The smallest absolute Gasteiger partial charge is 0.189 e. The molecule has 15 heavy (non-hydrogen) atoms. The van der Waals surface area contributed by atoms with Crippen molar-refractivity contribution < 1.29 is 24.3 Å². The van der Waals surface area contributed by atoms with Gasteiger partial charge in [-0.3, -0.25) is 4.79 Å². The van der Waals surface area contributed by atoms with Gasteiger partial charge in [-0.05, 0) is 6.92 Å². The minimum Gasteiger partial charge on any atom is -0.550 e. The van der Waals surface area contributed by atoms with E-state index in [0.717, 1.165) is 6.92 Å². The summed E-state index contributed by atoms with van der Waals surface area (Å²) >= 11 is 4.12. The first kappa shape index (κ1) is 14.4. The van der Waals surface area contributed by atoms with Gasteiger partial charge in [-0.25, -0.2) is 0 Å². The Balaban J connectivity index is 5.12. The number of hydrogen-bond acceptors (Lipinski definition) is 5. The molecule has 0 aromatic carbocycles. The molecule has 0 fully saturated rings. The van der Waals surface area contributed by atoms with E-state index in [4.69, 9.17) is 0 Å². The van der Waals surface area contributed by atoms with Crippen LogP contribution in [0.25, 0.3) is 0 Å². The van der Waals surface area contributed by atoms with Crippen molar-refractivity contribution in [2.45, 2.75) is 24.3 Å². The van der Waals surface area contributed by atoms with Gasteiger partial charge in [0.2, 0.25) is 0 Å². The Bertz CT molecular complexity index is 274. The molecule has 0 saturated heterocycles. The Labute approximate surface area is 94.7 Å². The molecule has 2 unspecified atom stereocenters. The monoisotopic (exact) mass is 235 g/mol. The predicted octanol–water partition coefficient (Wildman–Crippen LogP) is -1.59. The number of aliphatic carboxylic acids is 1. The maximum atomic E-state index is 11.3. The van der Waals surface area contributed by atoms with Gasteiger partial charge >= 0.3 is 0 Å². The highest BCUT2D eigenvalue weighted by atomic mass is 32.1.